The first-order chi connectivity index (χ1) is 5.83. The Morgan fingerprint density at radius 2 is 2.42 bits per heavy atom. The largest absolute Gasteiger partial charge is 0.440 e. The van der Waals surface area contributed by atoms with E-state index in [4.69, 9.17) is 9.52 Å². The van der Waals surface area contributed by atoms with Gasteiger partial charge < -0.3 is 9.52 Å². The fourth-order valence-corrected chi connectivity index (χ4v) is 1.62. The van der Waals surface area contributed by atoms with Crippen LogP contribution in [0.25, 0.3) is 0 Å². The van der Waals surface area contributed by atoms with Crippen molar-refractivity contribution in [2.24, 2.45) is 0 Å². The molecule has 0 radical (unpaired) electrons. The lowest BCUT2D eigenvalue weighted by molar-refractivity contribution is 0.287. The molecular formula is C8H13NO2S. The van der Waals surface area contributed by atoms with Crippen LogP contribution in [0.15, 0.2) is 15.9 Å². The molecule has 0 spiro atoms. The summed E-state index contributed by atoms with van der Waals surface area (Å²) in [5.41, 5.74) is 0.916. The molecule has 0 aromatic carbocycles. The Labute approximate surface area is 76.2 Å². The Balaban J connectivity index is 2.15. The molecule has 0 amide bonds. The van der Waals surface area contributed by atoms with Crippen LogP contribution >= 0.6 is 11.8 Å². The van der Waals surface area contributed by atoms with Crippen LogP contribution in [0.2, 0.25) is 0 Å². The molecule has 12 heavy (non-hydrogen) atoms. The Hall–Kier alpha value is -0.480. The number of unbranched alkanes of at least 4 members (excludes halogenated alkanes) is 1. The van der Waals surface area contributed by atoms with E-state index in [0.717, 1.165) is 29.5 Å². The zero-order valence-corrected chi connectivity index (χ0v) is 7.93. The van der Waals surface area contributed by atoms with Crippen molar-refractivity contribution in [3.8, 4) is 0 Å². The highest BCUT2D eigenvalue weighted by molar-refractivity contribution is 7.99. The zero-order valence-electron chi connectivity index (χ0n) is 7.12. The summed E-state index contributed by atoms with van der Waals surface area (Å²) < 4.78 is 5.13. The summed E-state index contributed by atoms with van der Waals surface area (Å²) in [7, 11) is 0. The number of thioether (sulfide) groups is 1. The van der Waals surface area contributed by atoms with E-state index in [1.54, 1.807) is 18.0 Å². The van der Waals surface area contributed by atoms with Crippen molar-refractivity contribution in [1.29, 1.82) is 0 Å². The molecule has 1 N–H and O–H groups in total. The van der Waals surface area contributed by atoms with Crippen molar-refractivity contribution in [2.75, 3.05) is 12.4 Å². The van der Waals surface area contributed by atoms with Crippen LogP contribution in [0.5, 0.6) is 0 Å². The maximum atomic E-state index is 8.52. The van der Waals surface area contributed by atoms with Gasteiger partial charge in [0.1, 0.15) is 6.26 Å². The van der Waals surface area contributed by atoms with Crippen LogP contribution in [0.3, 0.4) is 0 Å². The lowest BCUT2D eigenvalue weighted by Crippen LogP contribution is -1.85. The molecule has 1 heterocycles. The van der Waals surface area contributed by atoms with Gasteiger partial charge in [-0.1, -0.05) is 11.8 Å². The minimum atomic E-state index is 0.269. The molecular weight excluding hydrogens is 174 g/mol. The topological polar surface area (TPSA) is 46.3 Å². The third kappa shape index (κ3) is 3.28. The third-order valence-corrected chi connectivity index (χ3v) is 2.30. The number of rotatable bonds is 5. The monoisotopic (exact) mass is 187 g/mol. The molecule has 0 fully saturated rings. The Kier molecular flexibility index (Phi) is 4.18. The summed E-state index contributed by atoms with van der Waals surface area (Å²) in [6, 6.07) is 0. The summed E-state index contributed by atoms with van der Waals surface area (Å²) in [5.74, 6) is 0.959. The SMILES string of the molecule is Cc1coc(SCCCCO)n1. The minimum absolute atomic E-state index is 0.269. The maximum absolute atomic E-state index is 8.52. The molecule has 1 aromatic heterocycles. The maximum Gasteiger partial charge on any atom is 0.255 e. The van der Waals surface area contributed by atoms with Crippen molar-refractivity contribution in [1.82, 2.24) is 4.98 Å². The molecule has 0 bridgehead atoms. The average molecular weight is 187 g/mol. The second kappa shape index (κ2) is 5.22. The van der Waals surface area contributed by atoms with Crippen LogP contribution < -0.4 is 0 Å². The number of aliphatic hydroxyl groups excluding tert-OH is 1. The standard InChI is InChI=1S/C8H13NO2S/c1-7-6-11-8(9-7)12-5-3-2-4-10/h6,10H,2-5H2,1H3. The number of aryl methyl sites for hydroxylation is 1. The third-order valence-electron chi connectivity index (χ3n) is 1.38. The number of hydrogen-bond acceptors (Lipinski definition) is 4. The van der Waals surface area contributed by atoms with Gasteiger partial charge >= 0.3 is 0 Å². The quantitative estimate of drug-likeness (QED) is 0.564. The van der Waals surface area contributed by atoms with Gasteiger partial charge in [-0.15, -0.1) is 0 Å². The van der Waals surface area contributed by atoms with Crippen molar-refractivity contribution < 1.29 is 9.52 Å². The average Bonchev–Trinajstić information content (AvgIpc) is 2.45. The fourth-order valence-electron chi connectivity index (χ4n) is 0.772. The molecule has 0 unspecified atom stereocenters. The van der Waals surface area contributed by atoms with Gasteiger partial charge in [-0.3, -0.25) is 0 Å². The fraction of sp³-hybridized carbons (Fsp3) is 0.625. The molecule has 0 saturated carbocycles. The number of hydrogen-bond donors (Lipinski definition) is 1. The Bertz CT molecular complexity index is 225. The van der Waals surface area contributed by atoms with Crippen LogP contribution in [0.4, 0.5) is 0 Å². The highest BCUT2D eigenvalue weighted by Crippen LogP contribution is 2.17. The van der Waals surface area contributed by atoms with Gasteiger partial charge in [-0.05, 0) is 19.8 Å². The zero-order chi connectivity index (χ0) is 8.81. The first-order valence-corrected chi connectivity index (χ1v) is 4.97. The Morgan fingerprint density at radius 1 is 1.58 bits per heavy atom. The van der Waals surface area contributed by atoms with Gasteiger partial charge in [0.15, 0.2) is 0 Å². The second-order valence-electron chi connectivity index (χ2n) is 2.53. The number of nitrogens with zero attached hydrogens (tertiary/aromatic N) is 1. The summed E-state index contributed by atoms with van der Waals surface area (Å²) in [6.45, 7) is 2.17. The van der Waals surface area contributed by atoms with E-state index in [-0.39, 0.29) is 6.61 Å². The minimum Gasteiger partial charge on any atom is -0.440 e. The van der Waals surface area contributed by atoms with Crippen molar-refractivity contribution in [2.45, 2.75) is 25.0 Å². The van der Waals surface area contributed by atoms with Gasteiger partial charge in [-0.25, -0.2) is 4.98 Å². The van der Waals surface area contributed by atoms with Crippen LogP contribution in [0, 0.1) is 6.92 Å². The van der Waals surface area contributed by atoms with E-state index in [1.807, 2.05) is 6.92 Å². The van der Waals surface area contributed by atoms with E-state index < -0.39 is 0 Å². The lowest BCUT2D eigenvalue weighted by atomic mass is 10.4. The van der Waals surface area contributed by atoms with E-state index in [0.29, 0.717) is 0 Å². The molecule has 4 heteroatoms. The summed E-state index contributed by atoms with van der Waals surface area (Å²) in [6.07, 6.45) is 3.50. The smallest absolute Gasteiger partial charge is 0.255 e. The summed E-state index contributed by atoms with van der Waals surface area (Å²) in [5, 5.41) is 9.25. The number of aliphatic hydroxyl groups is 1. The van der Waals surface area contributed by atoms with Crippen molar-refractivity contribution in [3.05, 3.63) is 12.0 Å². The molecule has 1 aromatic rings. The predicted octanol–water partition coefficient (Wildman–Crippen LogP) is 1.85. The predicted molar refractivity (Wildman–Crippen MR) is 48.3 cm³/mol. The van der Waals surface area contributed by atoms with Gasteiger partial charge in [-0.2, -0.15) is 0 Å². The molecule has 0 atom stereocenters. The summed E-state index contributed by atoms with van der Waals surface area (Å²) in [4.78, 5) is 4.14. The number of oxazole rings is 1. The van der Waals surface area contributed by atoms with Crippen LogP contribution in [-0.2, 0) is 0 Å². The van der Waals surface area contributed by atoms with E-state index >= 15 is 0 Å². The molecule has 0 aliphatic carbocycles. The first-order valence-electron chi connectivity index (χ1n) is 3.98. The van der Waals surface area contributed by atoms with Crippen molar-refractivity contribution >= 4 is 11.8 Å². The summed E-state index contributed by atoms with van der Waals surface area (Å²) >= 11 is 1.59. The molecule has 1 rings (SSSR count). The molecule has 68 valence electrons. The van der Waals surface area contributed by atoms with E-state index in [1.165, 1.54) is 0 Å². The van der Waals surface area contributed by atoms with Crippen LogP contribution in [0.1, 0.15) is 18.5 Å². The van der Waals surface area contributed by atoms with Gasteiger partial charge in [0, 0.05) is 12.4 Å². The van der Waals surface area contributed by atoms with Gasteiger partial charge in [0.25, 0.3) is 5.22 Å². The highest BCUT2D eigenvalue weighted by atomic mass is 32.2. The molecule has 3 nitrogen and oxygen atoms in total. The normalized spacial score (nSPS) is 10.5. The number of aromatic nitrogens is 1. The van der Waals surface area contributed by atoms with Gasteiger partial charge in [0.2, 0.25) is 0 Å². The van der Waals surface area contributed by atoms with Crippen molar-refractivity contribution in [3.63, 3.8) is 0 Å². The van der Waals surface area contributed by atoms with E-state index in [9.17, 15) is 0 Å². The molecule has 0 aliphatic heterocycles. The Morgan fingerprint density at radius 3 is 3.00 bits per heavy atom. The molecule has 0 saturated heterocycles. The lowest BCUT2D eigenvalue weighted by Gasteiger charge is -1.93. The van der Waals surface area contributed by atoms with Gasteiger partial charge in [0.05, 0.1) is 5.69 Å². The second-order valence-corrected chi connectivity index (χ2v) is 3.58. The van der Waals surface area contributed by atoms with Crippen LogP contribution in [-0.4, -0.2) is 22.5 Å². The highest BCUT2D eigenvalue weighted by Gasteiger charge is 1.99. The molecule has 0 aliphatic rings. The van der Waals surface area contributed by atoms with E-state index in [2.05, 4.69) is 4.98 Å². The first kappa shape index (κ1) is 9.61.